The lowest BCUT2D eigenvalue weighted by Gasteiger charge is -2.28. The van der Waals surface area contributed by atoms with Crippen LogP contribution in [-0.2, 0) is 17.7 Å². The summed E-state index contributed by atoms with van der Waals surface area (Å²) in [5, 5.41) is 0. The molecular weight excluding hydrogens is 193 g/mol. The molecule has 15 heavy (non-hydrogen) atoms. The SMILES string of the molecule is Fc1ccc2c(c1)CCN(C[C@@H]1CO1)C2. The fourth-order valence-electron chi connectivity index (χ4n) is 2.20. The molecule has 2 heterocycles. The molecule has 0 aliphatic carbocycles. The van der Waals surface area contributed by atoms with Gasteiger partial charge in [0.25, 0.3) is 0 Å². The Balaban J connectivity index is 1.74. The Bertz CT molecular complexity index is 376. The molecule has 1 fully saturated rings. The van der Waals surface area contributed by atoms with E-state index in [1.54, 1.807) is 12.1 Å². The molecule has 0 amide bonds. The van der Waals surface area contributed by atoms with Crippen molar-refractivity contribution in [3.63, 3.8) is 0 Å². The summed E-state index contributed by atoms with van der Waals surface area (Å²) in [5.74, 6) is -0.118. The Labute approximate surface area is 88.6 Å². The minimum atomic E-state index is -0.118. The van der Waals surface area contributed by atoms with E-state index in [9.17, 15) is 4.39 Å². The van der Waals surface area contributed by atoms with E-state index in [4.69, 9.17) is 4.74 Å². The van der Waals surface area contributed by atoms with Crippen LogP contribution >= 0.6 is 0 Å². The predicted molar refractivity (Wildman–Crippen MR) is 55.1 cm³/mol. The van der Waals surface area contributed by atoms with Gasteiger partial charge >= 0.3 is 0 Å². The molecule has 80 valence electrons. The van der Waals surface area contributed by atoms with E-state index in [2.05, 4.69) is 4.90 Å². The largest absolute Gasteiger partial charge is 0.372 e. The molecule has 0 saturated carbocycles. The van der Waals surface area contributed by atoms with Crippen molar-refractivity contribution in [2.45, 2.75) is 19.1 Å². The van der Waals surface area contributed by atoms with Gasteiger partial charge in [0.05, 0.1) is 12.7 Å². The molecule has 2 aliphatic heterocycles. The minimum Gasteiger partial charge on any atom is -0.372 e. The molecule has 1 aromatic carbocycles. The summed E-state index contributed by atoms with van der Waals surface area (Å²) in [5.41, 5.74) is 2.44. The van der Waals surface area contributed by atoms with Gasteiger partial charge in [-0.15, -0.1) is 0 Å². The van der Waals surface area contributed by atoms with Crippen molar-refractivity contribution in [1.82, 2.24) is 4.90 Å². The third-order valence-electron chi connectivity index (χ3n) is 3.12. The molecule has 3 heteroatoms. The number of rotatable bonds is 2. The van der Waals surface area contributed by atoms with Crippen LogP contribution in [0.15, 0.2) is 18.2 Å². The second-order valence-corrected chi connectivity index (χ2v) is 4.35. The second-order valence-electron chi connectivity index (χ2n) is 4.35. The van der Waals surface area contributed by atoms with E-state index in [1.807, 2.05) is 6.07 Å². The van der Waals surface area contributed by atoms with Crippen molar-refractivity contribution in [3.05, 3.63) is 35.1 Å². The Morgan fingerprint density at radius 3 is 3.07 bits per heavy atom. The summed E-state index contributed by atoms with van der Waals surface area (Å²) in [6.07, 6.45) is 1.41. The van der Waals surface area contributed by atoms with Crippen LogP contribution in [0.1, 0.15) is 11.1 Å². The van der Waals surface area contributed by atoms with Crippen LogP contribution in [0, 0.1) is 5.82 Å². The van der Waals surface area contributed by atoms with Crippen LogP contribution in [-0.4, -0.2) is 30.7 Å². The maximum absolute atomic E-state index is 13.0. The average Bonchev–Trinajstić information content (AvgIpc) is 3.02. The summed E-state index contributed by atoms with van der Waals surface area (Å²) in [6, 6.07) is 5.13. The number of hydrogen-bond donors (Lipinski definition) is 0. The number of fused-ring (bicyclic) bond motifs is 1. The Morgan fingerprint density at radius 2 is 2.27 bits per heavy atom. The molecule has 1 atom stereocenters. The number of nitrogens with zero attached hydrogens (tertiary/aromatic N) is 1. The third kappa shape index (κ3) is 2.03. The first kappa shape index (κ1) is 9.31. The minimum absolute atomic E-state index is 0.118. The second kappa shape index (κ2) is 3.58. The maximum atomic E-state index is 13.0. The van der Waals surface area contributed by atoms with Crippen LogP contribution in [0.3, 0.4) is 0 Å². The van der Waals surface area contributed by atoms with Crippen LogP contribution in [0.25, 0.3) is 0 Å². The van der Waals surface area contributed by atoms with Crippen LogP contribution in [0.2, 0.25) is 0 Å². The van der Waals surface area contributed by atoms with Crippen molar-refractivity contribution >= 4 is 0 Å². The van der Waals surface area contributed by atoms with Crippen molar-refractivity contribution in [2.24, 2.45) is 0 Å². The van der Waals surface area contributed by atoms with Gasteiger partial charge in [0.1, 0.15) is 5.82 Å². The molecule has 2 nitrogen and oxygen atoms in total. The van der Waals surface area contributed by atoms with E-state index < -0.39 is 0 Å². The van der Waals surface area contributed by atoms with Crippen LogP contribution < -0.4 is 0 Å². The van der Waals surface area contributed by atoms with Gasteiger partial charge in [0.2, 0.25) is 0 Å². The lowest BCUT2D eigenvalue weighted by molar-refractivity contribution is 0.225. The number of hydrogen-bond acceptors (Lipinski definition) is 2. The van der Waals surface area contributed by atoms with Crippen molar-refractivity contribution in [1.29, 1.82) is 0 Å². The zero-order chi connectivity index (χ0) is 10.3. The summed E-state index contributed by atoms with van der Waals surface area (Å²) in [4.78, 5) is 2.39. The maximum Gasteiger partial charge on any atom is 0.123 e. The topological polar surface area (TPSA) is 15.8 Å². The zero-order valence-electron chi connectivity index (χ0n) is 8.58. The molecule has 1 saturated heterocycles. The highest BCUT2D eigenvalue weighted by atomic mass is 19.1. The lowest BCUT2D eigenvalue weighted by Crippen LogP contribution is -2.33. The molecule has 0 N–H and O–H groups in total. The van der Waals surface area contributed by atoms with E-state index in [0.717, 1.165) is 32.7 Å². The third-order valence-corrected chi connectivity index (χ3v) is 3.12. The summed E-state index contributed by atoms with van der Waals surface area (Å²) >= 11 is 0. The van der Waals surface area contributed by atoms with E-state index in [1.165, 1.54) is 11.1 Å². The highest BCUT2D eigenvalue weighted by molar-refractivity contribution is 5.29. The Morgan fingerprint density at radius 1 is 1.40 bits per heavy atom. The van der Waals surface area contributed by atoms with Crippen LogP contribution in [0.4, 0.5) is 4.39 Å². The molecular formula is C12H14FNO. The van der Waals surface area contributed by atoms with Gasteiger partial charge in [-0.2, -0.15) is 0 Å². The fourth-order valence-corrected chi connectivity index (χ4v) is 2.20. The van der Waals surface area contributed by atoms with Gasteiger partial charge in [-0.05, 0) is 29.7 Å². The standard InChI is InChI=1S/C12H14FNO/c13-11-2-1-10-6-14(7-12-8-15-12)4-3-9(10)5-11/h1-2,5,12H,3-4,6-8H2/t12-/m1/s1. The molecule has 1 aromatic rings. The first-order valence-electron chi connectivity index (χ1n) is 5.42. The number of ether oxygens (including phenoxy) is 1. The number of epoxide rings is 1. The number of halogens is 1. The highest BCUT2D eigenvalue weighted by Crippen LogP contribution is 2.21. The smallest absolute Gasteiger partial charge is 0.123 e. The Hall–Kier alpha value is -0.930. The van der Waals surface area contributed by atoms with E-state index >= 15 is 0 Å². The van der Waals surface area contributed by atoms with Gasteiger partial charge < -0.3 is 4.74 Å². The van der Waals surface area contributed by atoms with Crippen molar-refractivity contribution in [2.75, 3.05) is 19.7 Å². The summed E-state index contributed by atoms with van der Waals surface area (Å²) in [7, 11) is 0. The molecule has 0 aromatic heterocycles. The fraction of sp³-hybridized carbons (Fsp3) is 0.500. The monoisotopic (exact) mass is 207 g/mol. The predicted octanol–water partition coefficient (Wildman–Crippen LogP) is 1.58. The number of benzene rings is 1. The molecule has 0 radical (unpaired) electrons. The summed E-state index contributed by atoms with van der Waals surface area (Å²) in [6.45, 7) is 3.90. The van der Waals surface area contributed by atoms with Crippen molar-refractivity contribution < 1.29 is 9.13 Å². The van der Waals surface area contributed by atoms with Crippen LogP contribution in [0.5, 0.6) is 0 Å². The van der Waals surface area contributed by atoms with Gasteiger partial charge in [0.15, 0.2) is 0 Å². The van der Waals surface area contributed by atoms with Gasteiger partial charge in [0, 0.05) is 19.6 Å². The lowest BCUT2D eigenvalue weighted by atomic mass is 9.99. The normalized spacial score (nSPS) is 25.0. The summed E-state index contributed by atoms with van der Waals surface area (Å²) < 4.78 is 18.2. The first-order valence-corrected chi connectivity index (χ1v) is 5.42. The zero-order valence-corrected chi connectivity index (χ0v) is 8.58. The first-order chi connectivity index (χ1) is 7.31. The van der Waals surface area contributed by atoms with Gasteiger partial charge in [-0.1, -0.05) is 6.07 Å². The highest BCUT2D eigenvalue weighted by Gasteiger charge is 2.27. The molecule has 2 aliphatic rings. The molecule has 0 bridgehead atoms. The average molecular weight is 207 g/mol. The molecule has 0 spiro atoms. The molecule has 0 unspecified atom stereocenters. The quantitative estimate of drug-likeness (QED) is 0.684. The Kier molecular flexibility index (Phi) is 2.22. The van der Waals surface area contributed by atoms with Crippen molar-refractivity contribution in [3.8, 4) is 0 Å². The van der Waals surface area contributed by atoms with E-state index in [0.29, 0.717) is 6.10 Å². The van der Waals surface area contributed by atoms with Gasteiger partial charge in [-0.25, -0.2) is 4.39 Å². The van der Waals surface area contributed by atoms with E-state index in [-0.39, 0.29) is 5.82 Å². The van der Waals surface area contributed by atoms with Gasteiger partial charge in [-0.3, -0.25) is 4.90 Å². The molecule has 3 rings (SSSR count).